The Labute approximate surface area is 132 Å². The molecule has 0 unspecified atom stereocenters. The summed E-state index contributed by atoms with van der Waals surface area (Å²) in [5, 5.41) is 10.3. The molecule has 7 heteroatoms. The molecular formula is C13H13Br2NO4. The lowest BCUT2D eigenvalue weighted by atomic mass is 10.1. The molecule has 0 aliphatic heterocycles. The number of rotatable bonds is 3. The summed E-state index contributed by atoms with van der Waals surface area (Å²) in [5.41, 5.74) is 1.82. The van der Waals surface area contributed by atoms with Crippen LogP contribution >= 0.6 is 31.9 Å². The average Bonchev–Trinajstić information content (AvgIpc) is 2.79. The van der Waals surface area contributed by atoms with Crippen molar-refractivity contribution in [1.29, 1.82) is 0 Å². The topological polar surface area (TPSA) is 60.7 Å². The summed E-state index contributed by atoms with van der Waals surface area (Å²) >= 11 is 6.93. The number of hydrogen-bond donors (Lipinski definition) is 1. The Bertz CT molecular complexity index is 694. The average molecular weight is 407 g/mol. The molecule has 2 rings (SSSR count). The fraction of sp³-hybridized carbons (Fsp3) is 0.308. The number of carbonyl (C=O) groups is 1. The van der Waals surface area contributed by atoms with E-state index in [1.807, 2.05) is 0 Å². The van der Waals surface area contributed by atoms with Crippen LogP contribution in [-0.2, 0) is 18.4 Å². The molecule has 1 heterocycles. The van der Waals surface area contributed by atoms with E-state index in [1.54, 1.807) is 17.7 Å². The van der Waals surface area contributed by atoms with Gasteiger partial charge in [0.2, 0.25) is 0 Å². The summed E-state index contributed by atoms with van der Waals surface area (Å²) in [5.74, 6) is 0.108. The SMILES string of the molecule is COC(=O)c1cc2c(Br)c(CO)c(OC)c(Br)c2n1C. The molecule has 0 saturated heterocycles. The highest BCUT2D eigenvalue weighted by atomic mass is 79.9. The molecular weight excluding hydrogens is 394 g/mol. The predicted octanol–water partition coefficient (Wildman–Crippen LogP) is 2.99. The number of carbonyl (C=O) groups excluding carboxylic acids is 1. The summed E-state index contributed by atoms with van der Waals surface area (Å²) < 4.78 is 13.2. The van der Waals surface area contributed by atoms with Crippen LogP contribution in [0.4, 0.5) is 0 Å². The first-order chi connectivity index (χ1) is 9.47. The molecule has 2 aromatic rings. The van der Waals surface area contributed by atoms with E-state index in [0.717, 1.165) is 10.9 Å². The van der Waals surface area contributed by atoms with Crippen LogP contribution in [0.3, 0.4) is 0 Å². The summed E-state index contributed by atoms with van der Waals surface area (Å²) in [6, 6.07) is 1.72. The normalized spacial score (nSPS) is 10.9. The minimum Gasteiger partial charge on any atom is -0.495 e. The Hall–Kier alpha value is -1.05. The second-order valence-electron chi connectivity index (χ2n) is 4.14. The number of aliphatic hydroxyl groups excluding tert-OH is 1. The molecule has 5 nitrogen and oxygen atoms in total. The smallest absolute Gasteiger partial charge is 0.354 e. The fourth-order valence-electron chi connectivity index (χ4n) is 2.19. The quantitative estimate of drug-likeness (QED) is 0.796. The standard InChI is InChI=1S/C13H13Br2NO4/c1-16-8(13(18)20-3)4-6-9(14)7(5-17)12(19-2)10(15)11(6)16/h4,17H,5H2,1-3H3. The van der Waals surface area contributed by atoms with E-state index in [9.17, 15) is 9.90 Å². The number of fused-ring (bicyclic) bond motifs is 1. The van der Waals surface area contributed by atoms with E-state index >= 15 is 0 Å². The highest BCUT2D eigenvalue weighted by molar-refractivity contribution is 9.11. The highest BCUT2D eigenvalue weighted by Gasteiger charge is 2.23. The molecule has 20 heavy (non-hydrogen) atoms. The van der Waals surface area contributed by atoms with Crippen molar-refractivity contribution in [2.75, 3.05) is 14.2 Å². The minimum atomic E-state index is -0.424. The number of aliphatic hydroxyl groups is 1. The van der Waals surface area contributed by atoms with Crippen LogP contribution in [0.25, 0.3) is 10.9 Å². The molecule has 108 valence electrons. The van der Waals surface area contributed by atoms with Crippen molar-refractivity contribution < 1.29 is 19.4 Å². The molecule has 0 spiro atoms. The first kappa shape index (κ1) is 15.3. The Morgan fingerprint density at radius 3 is 2.50 bits per heavy atom. The highest BCUT2D eigenvalue weighted by Crippen LogP contribution is 2.43. The van der Waals surface area contributed by atoms with Gasteiger partial charge in [-0.05, 0) is 37.9 Å². The second-order valence-corrected chi connectivity index (χ2v) is 5.73. The van der Waals surface area contributed by atoms with Crippen molar-refractivity contribution in [3.8, 4) is 5.75 Å². The number of aryl methyl sites for hydroxylation is 1. The first-order valence-corrected chi connectivity index (χ1v) is 7.28. The first-order valence-electron chi connectivity index (χ1n) is 5.70. The van der Waals surface area contributed by atoms with Gasteiger partial charge in [-0.2, -0.15) is 0 Å². The number of hydrogen-bond acceptors (Lipinski definition) is 4. The van der Waals surface area contributed by atoms with Gasteiger partial charge in [0.25, 0.3) is 0 Å². The third-order valence-corrected chi connectivity index (χ3v) is 4.81. The van der Waals surface area contributed by atoms with Gasteiger partial charge in [0.05, 0.1) is 30.8 Å². The fourth-order valence-corrected chi connectivity index (χ4v) is 3.68. The van der Waals surface area contributed by atoms with Gasteiger partial charge in [-0.3, -0.25) is 0 Å². The molecule has 1 aromatic carbocycles. The van der Waals surface area contributed by atoms with Crippen molar-refractivity contribution in [3.05, 3.63) is 26.3 Å². The number of methoxy groups -OCH3 is 2. The summed E-state index contributed by atoms with van der Waals surface area (Å²) in [6.45, 7) is -0.180. The van der Waals surface area contributed by atoms with Gasteiger partial charge >= 0.3 is 5.97 Å². The third kappa shape index (κ3) is 2.13. The largest absolute Gasteiger partial charge is 0.495 e. The van der Waals surface area contributed by atoms with Crippen LogP contribution in [0, 0.1) is 0 Å². The molecule has 1 N–H and O–H groups in total. The zero-order valence-electron chi connectivity index (χ0n) is 11.2. The number of halogens is 2. The predicted molar refractivity (Wildman–Crippen MR) is 82.1 cm³/mol. The third-order valence-electron chi connectivity index (χ3n) is 3.17. The van der Waals surface area contributed by atoms with Gasteiger partial charge in [-0.1, -0.05) is 0 Å². The van der Waals surface area contributed by atoms with E-state index in [-0.39, 0.29) is 6.61 Å². The van der Waals surface area contributed by atoms with Crippen molar-refractivity contribution in [2.45, 2.75) is 6.61 Å². The van der Waals surface area contributed by atoms with Crippen molar-refractivity contribution in [2.24, 2.45) is 7.05 Å². The Balaban J connectivity index is 2.92. The van der Waals surface area contributed by atoms with Crippen LogP contribution in [0.1, 0.15) is 16.1 Å². The maximum atomic E-state index is 11.8. The van der Waals surface area contributed by atoms with Crippen LogP contribution in [0.15, 0.2) is 15.0 Å². The van der Waals surface area contributed by atoms with Gasteiger partial charge in [0, 0.05) is 22.5 Å². The number of benzene rings is 1. The lowest BCUT2D eigenvalue weighted by Crippen LogP contribution is -2.07. The van der Waals surface area contributed by atoms with Crippen LogP contribution < -0.4 is 4.74 Å². The monoisotopic (exact) mass is 405 g/mol. The molecule has 0 radical (unpaired) electrons. The molecule has 0 atom stereocenters. The van der Waals surface area contributed by atoms with Crippen molar-refractivity contribution in [3.63, 3.8) is 0 Å². The maximum absolute atomic E-state index is 11.8. The summed E-state index contributed by atoms with van der Waals surface area (Å²) in [4.78, 5) is 11.8. The maximum Gasteiger partial charge on any atom is 0.354 e. The molecule has 0 fully saturated rings. The van der Waals surface area contributed by atoms with E-state index in [2.05, 4.69) is 31.9 Å². The Morgan fingerprint density at radius 2 is 2.00 bits per heavy atom. The Kier molecular flexibility index (Phi) is 4.41. The molecule has 0 aliphatic carbocycles. The molecule has 0 saturated carbocycles. The number of esters is 1. The number of aromatic nitrogens is 1. The lowest BCUT2D eigenvalue weighted by molar-refractivity contribution is 0.0590. The lowest BCUT2D eigenvalue weighted by Gasteiger charge is -2.13. The molecule has 0 amide bonds. The van der Waals surface area contributed by atoms with E-state index in [4.69, 9.17) is 9.47 Å². The summed E-state index contributed by atoms with van der Waals surface area (Å²) in [7, 11) is 4.63. The minimum absolute atomic E-state index is 0.180. The van der Waals surface area contributed by atoms with Crippen LogP contribution in [0.5, 0.6) is 5.75 Å². The number of nitrogens with zero attached hydrogens (tertiary/aromatic N) is 1. The van der Waals surface area contributed by atoms with E-state index in [1.165, 1.54) is 14.2 Å². The zero-order chi connectivity index (χ0) is 15.0. The van der Waals surface area contributed by atoms with Crippen LogP contribution in [0.2, 0.25) is 0 Å². The van der Waals surface area contributed by atoms with Crippen LogP contribution in [-0.4, -0.2) is 29.9 Å². The molecule has 0 bridgehead atoms. The summed E-state index contributed by atoms with van der Waals surface area (Å²) in [6.07, 6.45) is 0. The van der Waals surface area contributed by atoms with Crippen molar-refractivity contribution in [1.82, 2.24) is 4.57 Å². The number of ether oxygens (including phenoxy) is 2. The van der Waals surface area contributed by atoms with E-state index < -0.39 is 5.97 Å². The van der Waals surface area contributed by atoms with Gasteiger partial charge in [-0.25, -0.2) is 4.79 Å². The van der Waals surface area contributed by atoms with Gasteiger partial charge in [0.1, 0.15) is 11.4 Å². The Morgan fingerprint density at radius 1 is 1.35 bits per heavy atom. The van der Waals surface area contributed by atoms with Crippen molar-refractivity contribution >= 4 is 48.7 Å². The second kappa shape index (κ2) is 5.75. The van der Waals surface area contributed by atoms with Gasteiger partial charge in [-0.15, -0.1) is 0 Å². The van der Waals surface area contributed by atoms with E-state index in [0.29, 0.717) is 26.0 Å². The van der Waals surface area contributed by atoms with Gasteiger partial charge in [0.15, 0.2) is 0 Å². The molecule has 0 aliphatic rings. The molecule has 1 aromatic heterocycles. The zero-order valence-corrected chi connectivity index (χ0v) is 14.3. The van der Waals surface area contributed by atoms with Gasteiger partial charge < -0.3 is 19.1 Å².